The minimum absolute atomic E-state index is 0.106. The highest BCUT2D eigenvalue weighted by molar-refractivity contribution is 7.85. The minimum Gasteiger partial charge on any atom is -0.484 e. The van der Waals surface area contributed by atoms with E-state index < -0.39 is 10.1 Å². The van der Waals surface area contributed by atoms with Gasteiger partial charge in [0.2, 0.25) is 0 Å². The first-order chi connectivity index (χ1) is 17.6. The van der Waals surface area contributed by atoms with Crippen LogP contribution in [0.25, 0.3) is 0 Å². The summed E-state index contributed by atoms with van der Waals surface area (Å²) in [6, 6.07) is 23.0. The van der Waals surface area contributed by atoms with Crippen molar-refractivity contribution in [1.82, 2.24) is 0 Å². The highest BCUT2D eigenvalue weighted by Gasteiger charge is 2.30. The zero-order valence-corrected chi connectivity index (χ0v) is 24.0. The van der Waals surface area contributed by atoms with Crippen molar-refractivity contribution in [3.05, 3.63) is 90.0 Å². The van der Waals surface area contributed by atoms with E-state index in [4.69, 9.17) is 4.74 Å². The molecule has 0 aliphatic heterocycles. The summed E-state index contributed by atoms with van der Waals surface area (Å²) in [7, 11) is -4.33. The van der Waals surface area contributed by atoms with Crippen molar-refractivity contribution in [1.29, 1.82) is 0 Å². The van der Waals surface area contributed by atoms with E-state index in [0.29, 0.717) is 17.4 Å². The first-order valence-corrected chi connectivity index (χ1v) is 14.2. The Kier molecular flexibility index (Phi) is 9.05. The van der Waals surface area contributed by atoms with Crippen LogP contribution in [0.5, 0.6) is 5.75 Å². The van der Waals surface area contributed by atoms with E-state index in [0.717, 1.165) is 12.0 Å². The van der Waals surface area contributed by atoms with Gasteiger partial charge in [-0.2, -0.15) is 8.42 Å². The van der Waals surface area contributed by atoms with E-state index in [-0.39, 0.29) is 34.8 Å². The topological polar surface area (TPSA) is 83.9 Å². The Morgan fingerprint density at radius 2 is 1.45 bits per heavy atom. The molecule has 0 saturated carbocycles. The number of carbonyl (C=O) groups excluding carboxylic acids is 1. The minimum atomic E-state index is -4.33. The molecule has 0 bridgehead atoms. The molecule has 0 fully saturated rings. The fourth-order valence-electron chi connectivity index (χ4n) is 4.44. The molecule has 38 heavy (non-hydrogen) atoms. The molecule has 0 spiro atoms. The second kappa shape index (κ2) is 11.7. The number of benzene rings is 3. The predicted molar refractivity (Wildman–Crippen MR) is 152 cm³/mol. The van der Waals surface area contributed by atoms with E-state index in [1.54, 1.807) is 0 Å². The maximum absolute atomic E-state index is 13.3. The largest absolute Gasteiger partial charge is 0.484 e. The van der Waals surface area contributed by atoms with Crippen molar-refractivity contribution in [3.63, 3.8) is 0 Å². The van der Waals surface area contributed by atoms with Crippen LogP contribution in [0.15, 0.2) is 83.8 Å². The summed E-state index contributed by atoms with van der Waals surface area (Å²) in [5.41, 5.74) is 2.96. The van der Waals surface area contributed by atoms with Crippen molar-refractivity contribution in [2.75, 3.05) is 11.5 Å². The molecular weight excluding hydrogens is 498 g/mol. The van der Waals surface area contributed by atoms with Crippen molar-refractivity contribution in [2.24, 2.45) is 10.8 Å². The van der Waals surface area contributed by atoms with Crippen LogP contribution >= 0.6 is 0 Å². The van der Waals surface area contributed by atoms with Crippen LogP contribution in [0.3, 0.4) is 0 Å². The molecule has 0 aromatic heterocycles. The monoisotopic (exact) mass is 537 g/mol. The third-order valence-electron chi connectivity index (χ3n) is 6.44. The Morgan fingerprint density at radius 1 is 0.868 bits per heavy atom. The molecule has 1 unspecified atom stereocenters. The first kappa shape index (κ1) is 29.4. The number of ether oxygens (including phenoxy) is 1. The van der Waals surface area contributed by atoms with Crippen LogP contribution < -0.4 is 9.64 Å². The summed E-state index contributed by atoms with van der Waals surface area (Å²) < 4.78 is 38.1. The van der Waals surface area contributed by atoms with Gasteiger partial charge < -0.3 is 9.64 Å². The lowest BCUT2D eigenvalue weighted by Gasteiger charge is -2.36. The number of hydrogen-bond donors (Lipinski definition) is 1. The quantitative estimate of drug-likeness (QED) is 0.294. The molecule has 204 valence electrons. The number of rotatable bonds is 9. The molecule has 0 aliphatic rings. The van der Waals surface area contributed by atoms with E-state index >= 15 is 0 Å². The van der Waals surface area contributed by atoms with Gasteiger partial charge in [-0.3, -0.25) is 9.35 Å². The van der Waals surface area contributed by atoms with Crippen molar-refractivity contribution >= 4 is 21.7 Å². The summed E-state index contributed by atoms with van der Waals surface area (Å²) in [5, 5.41) is 0. The smallest absolute Gasteiger partial charge is 0.294 e. The summed E-state index contributed by atoms with van der Waals surface area (Å²) in [5.74, 6) is 0.704. The maximum Gasteiger partial charge on any atom is 0.294 e. The molecule has 0 radical (unpaired) electrons. The number of amides is 1. The van der Waals surface area contributed by atoms with Crippen molar-refractivity contribution < 1.29 is 22.5 Å². The molecule has 7 heteroatoms. The summed E-state index contributed by atoms with van der Waals surface area (Å²) in [6.07, 6.45) is 1.06. The van der Waals surface area contributed by atoms with Crippen molar-refractivity contribution in [2.45, 2.75) is 65.3 Å². The standard InChI is InChI=1S/C31H39NO5S/c1-30(2,3)20-28(31(4,5)6)24-12-16-26(17-13-24)37-22-29(33)32(21-23-10-8-7-9-11-23)25-14-18-27(19-15-25)38(34,35)36/h7-19,28H,20-22H2,1-6H3,(H,34,35,36). The molecule has 3 rings (SSSR count). The molecule has 1 amide bonds. The highest BCUT2D eigenvalue weighted by atomic mass is 32.2. The lowest BCUT2D eigenvalue weighted by Crippen LogP contribution is -2.34. The van der Waals surface area contributed by atoms with E-state index in [1.807, 2.05) is 42.5 Å². The van der Waals surface area contributed by atoms with Gasteiger partial charge in [-0.1, -0.05) is 84.0 Å². The lowest BCUT2D eigenvalue weighted by molar-refractivity contribution is -0.120. The Bertz CT molecular complexity index is 1300. The number of anilines is 1. The molecule has 0 saturated heterocycles. The molecule has 1 atom stereocenters. The summed E-state index contributed by atoms with van der Waals surface area (Å²) in [6.45, 7) is 13.7. The molecule has 1 N–H and O–H groups in total. The van der Waals surface area contributed by atoms with Crippen LogP contribution in [0.2, 0.25) is 0 Å². The van der Waals surface area contributed by atoms with Gasteiger partial charge in [0, 0.05) is 5.69 Å². The molecule has 3 aromatic carbocycles. The van der Waals surface area contributed by atoms with E-state index in [1.165, 1.54) is 34.7 Å². The van der Waals surface area contributed by atoms with Crippen LogP contribution in [0, 0.1) is 10.8 Å². The SMILES string of the molecule is CC(C)(C)CC(c1ccc(OCC(=O)N(Cc2ccccc2)c2ccc(S(=O)(=O)O)cc2)cc1)C(C)(C)C. The molecular formula is C31H39NO5S. The third kappa shape index (κ3) is 8.43. The second-order valence-electron chi connectivity index (χ2n) is 12.0. The average Bonchev–Trinajstić information content (AvgIpc) is 2.84. The molecule has 6 nitrogen and oxygen atoms in total. The summed E-state index contributed by atoms with van der Waals surface area (Å²) in [4.78, 5) is 14.6. The number of nitrogens with zero attached hydrogens (tertiary/aromatic N) is 1. The van der Waals surface area contributed by atoms with Gasteiger partial charge in [0.1, 0.15) is 5.75 Å². The highest BCUT2D eigenvalue weighted by Crippen LogP contribution is 2.43. The Hall–Kier alpha value is -3.16. The average molecular weight is 538 g/mol. The van der Waals surface area contributed by atoms with E-state index in [2.05, 4.69) is 53.7 Å². The van der Waals surface area contributed by atoms with Crippen molar-refractivity contribution in [3.8, 4) is 5.75 Å². The van der Waals surface area contributed by atoms with Gasteiger partial charge in [-0.25, -0.2) is 0 Å². The predicted octanol–water partition coefficient (Wildman–Crippen LogP) is 7.11. The first-order valence-electron chi connectivity index (χ1n) is 12.8. The van der Waals surface area contributed by atoms with Gasteiger partial charge in [0.25, 0.3) is 16.0 Å². The van der Waals surface area contributed by atoms with Gasteiger partial charge in [-0.15, -0.1) is 0 Å². The van der Waals surface area contributed by atoms with Crippen LogP contribution in [-0.4, -0.2) is 25.5 Å². The Labute approximate surface area is 227 Å². The summed E-state index contributed by atoms with van der Waals surface area (Å²) >= 11 is 0. The van der Waals surface area contributed by atoms with Gasteiger partial charge >= 0.3 is 0 Å². The maximum atomic E-state index is 13.3. The van der Waals surface area contributed by atoms with Crippen LogP contribution in [0.4, 0.5) is 5.69 Å². The Balaban J connectivity index is 1.77. The third-order valence-corrected chi connectivity index (χ3v) is 7.31. The van der Waals surface area contributed by atoms with Crippen LogP contribution in [0.1, 0.15) is 65.0 Å². The molecule has 0 aliphatic carbocycles. The zero-order chi connectivity index (χ0) is 28.1. The number of carbonyl (C=O) groups is 1. The second-order valence-corrected chi connectivity index (χ2v) is 13.4. The normalized spacial score (nSPS) is 13.1. The fraction of sp³-hybridized carbons (Fsp3) is 0.387. The van der Waals surface area contributed by atoms with Gasteiger partial charge in [0.05, 0.1) is 11.4 Å². The Morgan fingerprint density at radius 3 is 1.95 bits per heavy atom. The zero-order valence-electron chi connectivity index (χ0n) is 23.1. The van der Waals surface area contributed by atoms with Gasteiger partial charge in [0.15, 0.2) is 6.61 Å². The van der Waals surface area contributed by atoms with Gasteiger partial charge in [-0.05, 0) is 70.7 Å². The molecule has 0 heterocycles. The molecule has 3 aromatic rings. The number of hydrogen-bond acceptors (Lipinski definition) is 4. The van der Waals surface area contributed by atoms with E-state index in [9.17, 15) is 17.8 Å². The lowest BCUT2D eigenvalue weighted by atomic mass is 9.69. The van der Waals surface area contributed by atoms with Crippen LogP contribution in [-0.2, 0) is 21.5 Å². The fourth-order valence-corrected chi connectivity index (χ4v) is 4.92.